The van der Waals surface area contributed by atoms with Gasteiger partial charge in [-0.25, -0.2) is 0 Å². The summed E-state index contributed by atoms with van der Waals surface area (Å²) in [6.07, 6.45) is 4.91. The molecule has 4 nitrogen and oxygen atoms in total. The number of aliphatic hydroxyl groups excluding tert-OH is 1. The van der Waals surface area contributed by atoms with Gasteiger partial charge in [-0.3, -0.25) is 0 Å². The fraction of sp³-hybridized carbons (Fsp3) is 0.647. The molecule has 3 aliphatic heterocycles. The first-order chi connectivity index (χ1) is 10.2. The molecule has 3 aliphatic rings. The largest absolute Gasteiger partial charge is 0.497 e. The fourth-order valence-corrected chi connectivity index (χ4v) is 4.32. The van der Waals surface area contributed by atoms with E-state index in [0.29, 0.717) is 12.5 Å². The minimum atomic E-state index is -0.447. The molecule has 0 radical (unpaired) electrons. The molecule has 0 aliphatic carbocycles. The molecule has 2 saturated heterocycles. The SMILES string of the molecule is COc1ccc2c(c1)[C@@H](O)CC1(CCN3CCCC3C1)O2. The second kappa shape index (κ2) is 4.89. The van der Waals surface area contributed by atoms with Crippen LogP contribution in [0.3, 0.4) is 0 Å². The summed E-state index contributed by atoms with van der Waals surface area (Å²) < 4.78 is 11.6. The first-order valence-corrected chi connectivity index (χ1v) is 7.98. The summed E-state index contributed by atoms with van der Waals surface area (Å²) in [7, 11) is 1.65. The predicted molar refractivity (Wildman–Crippen MR) is 79.8 cm³/mol. The first kappa shape index (κ1) is 13.4. The zero-order valence-corrected chi connectivity index (χ0v) is 12.5. The smallest absolute Gasteiger partial charge is 0.126 e. The lowest BCUT2D eigenvalue weighted by Gasteiger charge is -2.47. The van der Waals surface area contributed by atoms with Gasteiger partial charge in [-0.15, -0.1) is 0 Å². The molecule has 0 bridgehead atoms. The van der Waals surface area contributed by atoms with E-state index in [-0.39, 0.29) is 5.60 Å². The van der Waals surface area contributed by atoms with Crippen molar-refractivity contribution in [3.63, 3.8) is 0 Å². The van der Waals surface area contributed by atoms with Crippen molar-refractivity contribution in [2.24, 2.45) is 0 Å². The van der Waals surface area contributed by atoms with Gasteiger partial charge in [0.2, 0.25) is 0 Å². The van der Waals surface area contributed by atoms with Crippen molar-refractivity contribution < 1.29 is 14.6 Å². The van der Waals surface area contributed by atoms with Crippen molar-refractivity contribution in [2.75, 3.05) is 20.2 Å². The Morgan fingerprint density at radius 3 is 3.10 bits per heavy atom. The lowest BCUT2D eigenvalue weighted by molar-refractivity contribution is -0.0646. The van der Waals surface area contributed by atoms with Gasteiger partial charge in [-0.2, -0.15) is 0 Å². The van der Waals surface area contributed by atoms with Crippen molar-refractivity contribution in [3.8, 4) is 11.5 Å². The second-order valence-corrected chi connectivity index (χ2v) is 6.69. The van der Waals surface area contributed by atoms with Crippen molar-refractivity contribution >= 4 is 0 Å². The van der Waals surface area contributed by atoms with E-state index in [1.807, 2.05) is 18.2 Å². The van der Waals surface area contributed by atoms with E-state index in [4.69, 9.17) is 9.47 Å². The highest BCUT2D eigenvalue weighted by molar-refractivity contribution is 5.43. The summed E-state index contributed by atoms with van der Waals surface area (Å²) in [5.41, 5.74) is 0.695. The van der Waals surface area contributed by atoms with Crippen LogP contribution in [0.5, 0.6) is 11.5 Å². The minimum Gasteiger partial charge on any atom is -0.497 e. The molecule has 1 N–H and O–H groups in total. The Morgan fingerprint density at radius 2 is 2.24 bits per heavy atom. The van der Waals surface area contributed by atoms with E-state index >= 15 is 0 Å². The van der Waals surface area contributed by atoms with Gasteiger partial charge in [0, 0.05) is 31.0 Å². The minimum absolute atomic E-state index is 0.174. The van der Waals surface area contributed by atoms with Crippen molar-refractivity contribution in [2.45, 2.75) is 49.9 Å². The van der Waals surface area contributed by atoms with Crippen LogP contribution in [-0.4, -0.2) is 41.8 Å². The average Bonchev–Trinajstić information content (AvgIpc) is 2.94. The first-order valence-electron chi connectivity index (χ1n) is 7.98. The number of hydrogen-bond acceptors (Lipinski definition) is 4. The Morgan fingerprint density at radius 1 is 1.33 bits per heavy atom. The monoisotopic (exact) mass is 289 g/mol. The van der Waals surface area contributed by atoms with Crippen molar-refractivity contribution in [1.29, 1.82) is 0 Å². The molecular weight excluding hydrogens is 266 g/mol. The zero-order chi connectivity index (χ0) is 14.4. The van der Waals surface area contributed by atoms with Crippen LogP contribution in [0, 0.1) is 0 Å². The molecule has 2 unspecified atom stereocenters. The number of ether oxygens (including phenoxy) is 2. The molecule has 3 heterocycles. The van der Waals surface area contributed by atoms with E-state index < -0.39 is 6.10 Å². The van der Waals surface area contributed by atoms with Gasteiger partial charge in [-0.05, 0) is 44.0 Å². The summed E-state index contributed by atoms with van der Waals surface area (Å²) >= 11 is 0. The fourth-order valence-electron chi connectivity index (χ4n) is 4.32. The molecule has 114 valence electrons. The Kier molecular flexibility index (Phi) is 3.12. The highest BCUT2D eigenvalue weighted by Crippen LogP contribution is 2.47. The molecule has 0 amide bonds. The molecule has 1 aromatic carbocycles. The number of fused-ring (bicyclic) bond motifs is 2. The number of rotatable bonds is 1. The molecule has 1 aromatic rings. The van der Waals surface area contributed by atoms with Gasteiger partial charge in [0.15, 0.2) is 0 Å². The summed E-state index contributed by atoms with van der Waals surface area (Å²) in [4.78, 5) is 2.59. The molecule has 4 heteroatoms. The molecule has 4 rings (SSSR count). The van der Waals surface area contributed by atoms with E-state index in [2.05, 4.69) is 4.90 Å². The lowest BCUT2D eigenvalue weighted by atomic mass is 9.79. The third-order valence-electron chi connectivity index (χ3n) is 5.43. The Labute approximate surface area is 125 Å². The number of aliphatic hydroxyl groups is 1. The van der Waals surface area contributed by atoms with Gasteiger partial charge >= 0.3 is 0 Å². The lowest BCUT2D eigenvalue weighted by Crippen LogP contribution is -2.52. The van der Waals surface area contributed by atoms with Gasteiger partial charge in [0.05, 0.1) is 13.2 Å². The summed E-state index contributed by atoms with van der Waals surface area (Å²) in [5, 5.41) is 10.6. The van der Waals surface area contributed by atoms with Crippen molar-refractivity contribution in [1.82, 2.24) is 4.90 Å². The molecular formula is C17H23NO3. The topological polar surface area (TPSA) is 41.9 Å². The summed E-state index contributed by atoms with van der Waals surface area (Å²) in [6, 6.07) is 6.40. The third kappa shape index (κ3) is 2.21. The zero-order valence-electron chi connectivity index (χ0n) is 12.5. The van der Waals surface area contributed by atoms with Crippen LogP contribution in [0.1, 0.15) is 43.8 Å². The molecule has 2 fully saturated rings. The van der Waals surface area contributed by atoms with Crippen LogP contribution in [0.15, 0.2) is 18.2 Å². The van der Waals surface area contributed by atoms with E-state index in [9.17, 15) is 5.11 Å². The van der Waals surface area contributed by atoms with Gasteiger partial charge < -0.3 is 19.5 Å². The predicted octanol–water partition coefficient (Wildman–Crippen LogP) is 2.51. The Hall–Kier alpha value is -1.26. The number of piperidine rings is 1. The Bertz CT molecular complexity index is 547. The highest BCUT2D eigenvalue weighted by atomic mass is 16.5. The maximum absolute atomic E-state index is 10.6. The summed E-state index contributed by atoms with van der Waals surface area (Å²) in [5.74, 6) is 1.61. The normalized spacial score (nSPS) is 35.1. The Balaban J connectivity index is 1.62. The van der Waals surface area contributed by atoms with Gasteiger partial charge in [-0.1, -0.05) is 0 Å². The molecule has 0 saturated carbocycles. The number of hydrogen-bond donors (Lipinski definition) is 1. The third-order valence-corrected chi connectivity index (χ3v) is 5.43. The molecule has 0 aromatic heterocycles. The van der Waals surface area contributed by atoms with Gasteiger partial charge in [0.25, 0.3) is 0 Å². The molecule has 1 spiro atoms. The van der Waals surface area contributed by atoms with Crippen molar-refractivity contribution in [3.05, 3.63) is 23.8 Å². The van der Waals surface area contributed by atoms with E-state index in [1.54, 1.807) is 7.11 Å². The van der Waals surface area contributed by atoms with E-state index in [0.717, 1.165) is 36.4 Å². The van der Waals surface area contributed by atoms with Crippen LogP contribution in [0.2, 0.25) is 0 Å². The highest BCUT2D eigenvalue weighted by Gasteiger charge is 2.47. The maximum atomic E-state index is 10.6. The number of benzene rings is 1. The van der Waals surface area contributed by atoms with E-state index in [1.165, 1.54) is 19.4 Å². The standard InChI is InChI=1S/C17H23NO3/c1-20-13-4-5-16-14(9-13)15(19)11-17(21-16)6-8-18-7-2-3-12(18)10-17/h4-5,9,12,15,19H,2-3,6-8,10-11H2,1H3/t12?,15-,17?/m0/s1. The van der Waals surface area contributed by atoms with Gasteiger partial charge in [0.1, 0.15) is 17.1 Å². The van der Waals surface area contributed by atoms with Crippen LogP contribution in [0.4, 0.5) is 0 Å². The molecule has 3 atom stereocenters. The van der Waals surface area contributed by atoms with Crippen LogP contribution in [0.25, 0.3) is 0 Å². The number of nitrogens with zero attached hydrogens (tertiary/aromatic N) is 1. The average molecular weight is 289 g/mol. The van der Waals surface area contributed by atoms with Crippen LogP contribution in [-0.2, 0) is 0 Å². The second-order valence-electron chi connectivity index (χ2n) is 6.69. The maximum Gasteiger partial charge on any atom is 0.126 e. The quantitative estimate of drug-likeness (QED) is 0.862. The van der Waals surface area contributed by atoms with Crippen LogP contribution >= 0.6 is 0 Å². The molecule has 21 heavy (non-hydrogen) atoms. The van der Waals surface area contributed by atoms with Crippen LogP contribution < -0.4 is 9.47 Å². The number of methoxy groups -OCH3 is 1. The summed E-state index contributed by atoms with van der Waals surface area (Å²) in [6.45, 7) is 2.33.